The Bertz CT molecular complexity index is 1290. The van der Waals surface area contributed by atoms with E-state index in [4.69, 9.17) is 23.5 Å². The maximum atomic E-state index is 10.7. The molecule has 0 saturated heterocycles. The van der Waals surface area contributed by atoms with Gasteiger partial charge in [-0.1, -0.05) is 60.5 Å². The van der Waals surface area contributed by atoms with Crippen LogP contribution in [0.25, 0.3) is 11.7 Å². The third-order valence-electron chi connectivity index (χ3n) is 5.99. The fourth-order valence-corrected chi connectivity index (χ4v) is 3.88. The van der Waals surface area contributed by atoms with Crippen LogP contribution in [0.2, 0.25) is 0 Å². The van der Waals surface area contributed by atoms with Crippen LogP contribution in [0.5, 0.6) is 5.75 Å². The lowest BCUT2D eigenvalue weighted by atomic mass is 10.0. The summed E-state index contributed by atoms with van der Waals surface area (Å²) >= 11 is 0. The number of aryl methyl sites for hydroxylation is 1. The van der Waals surface area contributed by atoms with Crippen LogP contribution < -0.4 is 4.74 Å². The first-order chi connectivity index (χ1) is 18.6. The Morgan fingerprint density at radius 2 is 1.68 bits per heavy atom. The van der Waals surface area contributed by atoms with E-state index in [9.17, 15) is 4.79 Å². The molecule has 0 unspecified atom stereocenters. The standard InChI is InChI=1S/C30H32N2O6/c1-22-27(31-30(38-22)28-13-9-19-35-28)21-36-25-17-15-23(16-18-25)20-37-32-26(24-10-5-4-6-11-24)12-7-2-3-8-14-29(33)34/h4-6,9-11,13,15-19H,2-3,7-8,12,14,20-21H2,1H3,(H,33,34). The number of carbonyl (C=O) groups is 1. The number of hydrogen-bond donors (Lipinski definition) is 1. The van der Waals surface area contributed by atoms with E-state index >= 15 is 0 Å². The first-order valence-electron chi connectivity index (χ1n) is 12.8. The number of nitrogens with zero attached hydrogens (tertiary/aromatic N) is 2. The van der Waals surface area contributed by atoms with Crippen molar-refractivity contribution >= 4 is 11.7 Å². The molecule has 2 aromatic heterocycles. The van der Waals surface area contributed by atoms with Crippen LogP contribution in [-0.4, -0.2) is 21.8 Å². The van der Waals surface area contributed by atoms with Crippen molar-refractivity contribution in [3.05, 3.63) is 95.6 Å². The highest BCUT2D eigenvalue weighted by Gasteiger charge is 2.14. The Morgan fingerprint density at radius 1 is 0.921 bits per heavy atom. The molecule has 8 heteroatoms. The number of aromatic nitrogens is 1. The number of benzene rings is 2. The fourth-order valence-electron chi connectivity index (χ4n) is 3.88. The third-order valence-corrected chi connectivity index (χ3v) is 5.99. The molecule has 2 aromatic carbocycles. The highest BCUT2D eigenvalue weighted by atomic mass is 16.6. The molecule has 8 nitrogen and oxygen atoms in total. The summed E-state index contributed by atoms with van der Waals surface area (Å²) in [5, 5.41) is 13.2. The van der Waals surface area contributed by atoms with E-state index in [-0.39, 0.29) is 13.0 Å². The smallest absolute Gasteiger partial charge is 0.303 e. The van der Waals surface area contributed by atoms with Gasteiger partial charge in [0, 0.05) is 6.42 Å². The zero-order valence-electron chi connectivity index (χ0n) is 21.5. The van der Waals surface area contributed by atoms with Crippen molar-refractivity contribution < 1.29 is 28.3 Å². The van der Waals surface area contributed by atoms with Crippen LogP contribution >= 0.6 is 0 Å². The maximum Gasteiger partial charge on any atom is 0.303 e. The molecule has 0 aliphatic carbocycles. The summed E-state index contributed by atoms with van der Waals surface area (Å²) in [4.78, 5) is 20.8. The van der Waals surface area contributed by atoms with Gasteiger partial charge in [0.15, 0.2) is 5.76 Å². The Kier molecular flexibility index (Phi) is 9.73. The molecule has 0 atom stereocenters. The monoisotopic (exact) mass is 516 g/mol. The van der Waals surface area contributed by atoms with Crippen molar-refractivity contribution in [3.63, 3.8) is 0 Å². The average molecular weight is 517 g/mol. The van der Waals surface area contributed by atoms with E-state index in [1.165, 1.54) is 0 Å². The van der Waals surface area contributed by atoms with E-state index in [0.717, 1.165) is 42.5 Å². The average Bonchev–Trinajstić information content (AvgIpc) is 3.59. The lowest BCUT2D eigenvalue weighted by Gasteiger charge is -2.08. The molecule has 0 bridgehead atoms. The number of unbranched alkanes of at least 4 members (excludes halogenated alkanes) is 3. The number of carboxylic acid groups (broad SMARTS) is 1. The fraction of sp³-hybridized carbons (Fsp3) is 0.300. The van der Waals surface area contributed by atoms with E-state index in [1.807, 2.05) is 61.5 Å². The second-order valence-electron chi connectivity index (χ2n) is 8.92. The summed E-state index contributed by atoms with van der Waals surface area (Å²) in [5.74, 6) is 1.68. The lowest BCUT2D eigenvalue weighted by Crippen LogP contribution is -2.03. The van der Waals surface area contributed by atoms with Gasteiger partial charge in [0.2, 0.25) is 0 Å². The topological polar surface area (TPSA) is 107 Å². The normalized spacial score (nSPS) is 11.4. The van der Waals surface area contributed by atoms with Crippen LogP contribution in [-0.2, 0) is 22.8 Å². The predicted molar refractivity (Wildman–Crippen MR) is 143 cm³/mol. The molecule has 2 heterocycles. The van der Waals surface area contributed by atoms with E-state index in [2.05, 4.69) is 10.1 Å². The molecule has 0 spiro atoms. The molecule has 0 saturated carbocycles. The number of oxime groups is 1. The highest BCUT2D eigenvalue weighted by Crippen LogP contribution is 2.23. The lowest BCUT2D eigenvalue weighted by molar-refractivity contribution is -0.137. The SMILES string of the molecule is Cc1oc(-c2ccco2)nc1COc1ccc(CON=C(CCCCCCC(=O)O)c2ccccc2)cc1. The molecule has 198 valence electrons. The largest absolute Gasteiger partial charge is 0.487 e. The van der Waals surface area contributed by atoms with Gasteiger partial charge in [0.05, 0.1) is 12.0 Å². The van der Waals surface area contributed by atoms with Gasteiger partial charge in [0.1, 0.15) is 30.4 Å². The number of rotatable bonds is 15. The number of aliphatic carboxylic acids is 1. The minimum Gasteiger partial charge on any atom is -0.487 e. The summed E-state index contributed by atoms with van der Waals surface area (Å²) in [6.07, 6.45) is 6.05. The second-order valence-corrected chi connectivity index (χ2v) is 8.92. The molecule has 4 rings (SSSR count). The number of hydrogen-bond acceptors (Lipinski definition) is 7. The summed E-state index contributed by atoms with van der Waals surface area (Å²) in [6.45, 7) is 2.47. The van der Waals surface area contributed by atoms with Crippen molar-refractivity contribution in [1.29, 1.82) is 0 Å². The molecular weight excluding hydrogens is 484 g/mol. The van der Waals surface area contributed by atoms with Crippen LogP contribution in [0.1, 0.15) is 61.1 Å². The summed E-state index contributed by atoms with van der Waals surface area (Å²) in [6, 6.07) is 21.2. The number of carboxylic acids is 1. The van der Waals surface area contributed by atoms with Gasteiger partial charge in [-0.2, -0.15) is 0 Å². The molecule has 0 aliphatic heterocycles. The van der Waals surface area contributed by atoms with Crippen molar-refractivity contribution in [2.75, 3.05) is 0 Å². The van der Waals surface area contributed by atoms with Crippen molar-refractivity contribution in [2.24, 2.45) is 5.16 Å². The molecule has 4 aromatic rings. The molecule has 38 heavy (non-hydrogen) atoms. The summed E-state index contributed by atoms with van der Waals surface area (Å²) in [5.41, 5.74) is 3.61. The van der Waals surface area contributed by atoms with Gasteiger partial charge in [0.25, 0.3) is 5.89 Å². The summed E-state index contributed by atoms with van der Waals surface area (Å²) in [7, 11) is 0. The Balaban J connectivity index is 1.27. The second kappa shape index (κ2) is 13.8. The van der Waals surface area contributed by atoms with Crippen LogP contribution in [0, 0.1) is 6.92 Å². The minimum atomic E-state index is -0.741. The zero-order valence-corrected chi connectivity index (χ0v) is 21.5. The molecule has 0 amide bonds. The number of oxazole rings is 1. The van der Waals surface area contributed by atoms with Gasteiger partial charge in [-0.15, -0.1) is 0 Å². The molecule has 0 fully saturated rings. The predicted octanol–water partition coefficient (Wildman–Crippen LogP) is 7.17. The van der Waals surface area contributed by atoms with Gasteiger partial charge in [-0.3, -0.25) is 4.79 Å². The minimum absolute atomic E-state index is 0.221. The Morgan fingerprint density at radius 3 is 2.39 bits per heavy atom. The number of ether oxygens (including phenoxy) is 1. The third kappa shape index (κ3) is 8.09. The van der Waals surface area contributed by atoms with Gasteiger partial charge in [-0.25, -0.2) is 4.98 Å². The van der Waals surface area contributed by atoms with E-state index in [0.29, 0.717) is 41.9 Å². The quantitative estimate of drug-likeness (QED) is 0.101. The molecule has 0 aliphatic rings. The highest BCUT2D eigenvalue weighted by molar-refractivity contribution is 6.00. The van der Waals surface area contributed by atoms with Crippen LogP contribution in [0.3, 0.4) is 0 Å². The van der Waals surface area contributed by atoms with E-state index in [1.54, 1.807) is 18.4 Å². The first-order valence-corrected chi connectivity index (χ1v) is 12.8. The van der Waals surface area contributed by atoms with Gasteiger partial charge >= 0.3 is 5.97 Å². The molecular formula is C30H32N2O6. The van der Waals surface area contributed by atoms with Gasteiger partial charge < -0.3 is 23.5 Å². The number of furan rings is 1. The van der Waals surface area contributed by atoms with Crippen LogP contribution in [0.4, 0.5) is 0 Å². The van der Waals surface area contributed by atoms with E-state index < -0.39 is 5.97 Å². The molecule has 0 radical (unpaired) electrons. The van der Waals surface area contributed by atoms with Crippen molar-refractivity contribution in [3.8, 4) is 17.4 Å². The van der Waals surface area contributed by atoms with Crippen molar-refractivity contribution in [2.45, 2.75) is 58.7 Å². The molecule has 1 N–H and O–H groups in total. The Hall–Kier alpha value is -4.33. The van der Waals surface area contributed by atoms with Crippen molar-refractivity contribution in [1.82, 2.24) is 4.98 Å². The summed E-state index contributed by atoms with van der Waals surface area (Å²) < 4.78 is 16.9. The van der Waals surface area contributed by atoms with Gasteiger partial charge in [-0.05, 0) is 61.6 Å². The first kappa shape index (κ1) is 26.7. The van der Waals surface area contributed by atoms with Crippen LogP contribution in [0.15, 0.2) is 87.0 Å². The Labute approximate surface area is 221 Å². The maximum absolute atomic E-state index is 10.7. The zero-order chi connectivity index (χ0) is 26.6.